The van der Waals surface area contributed by atoms with Crippen LogP contribution in [-0.4, -0.2) is 10.1 Å². The molecule has 1 atom stereocenters. The van der Waals surface area contributed by atoms with Crippen molar-refractivity contribution in [3.05, 3.63) is 47.1 Å². The molecule has 4 heteroatoms. The first-order valence-corrected chi connectivity index (χ1v) is 7.90. The normalized spacial score (nSPS) is 13.6. The zero-order valence-electron chi connectivity index (χ0n) is 14.5. The second-order valence-electron chi connectivity index (χ2n) is 7.21. The molecule has 0 radical (unpaired) electrons. The van der Waals surface area contributed by atoms with Gasteiger partial charge in [0.1, 0.15) is 0 Å². The van der Waals surface area contributed by atoms with Crippen LogP contribution in [0.1, 0.15) is 63.5 Å². The molecule has 120 valence electrons. The Labute approximate surface area is 133 Å². The summed E-state index contributed by atoms with van der Waals surface area (Å²) in [6.45, 7) is 13.6. The van der Waals surface area contributed by atoms with Gasteiger partial charge in [-0.3, -0.25) is 0 Å². The summed E-state index contributed by atoms with van der Waals surface area (Å²) in [6.07, 6.45) is 0. The maximum absolute atomic E-state index is 5.17. The fraction of sp³-hybridized carbons (Fsp3) is 0.556. The SMILES string of the molecule is Cc1noc(CN[C@@H](c2ccc(C(C)(C)C)cc2)C(C)C)n1. The average Bonchev–Trinajstić information content (AvgIpc) is 2.84. The molecule has 0 unspecified atom stereocenters. The van der Waals surface area contributed by atoms with Crippen LogP contribution < -0.4 is 5.32 Å². The van der Waals surface area contributed by atoms with Gasteiger partial charge in [0.25, 0.3) is 0 Å². The average molecular weight is 301 g/mol. The van der Waals surface area contributed by atoms with Crippen molar-refractivity contribution in [2.24, 2.45) is 5.92 Å². The molecule has 1 N–H and O–H groups in total. The Hall–Kier alpha value is -1.68. The predicted octanol–water partition coefficient (Wildman–Crippen LogP) is 4.16. The van der Waals surface area contributed by atoms with E-state index >= 15 is 0 Å². The summed E-state index contributed by atoms with van der Waals surface area (Å²) in [5.74, 6) is 1.78. The first-order valence-electron chi connectivity index (χ1n) is 7.90. The molecule has 0 aliphatic heterocycles. The maximum Gasteiger partial charge on any atom is 0.240 e. The Morgan fingerprint density at radius 1 is 1.14 bits per heavy atom. The third kappa shape index (κ3) is 4.17. The zero-order chi connectivity index (χ0) is 16.3. The molecule has 4 nitrogen and oxygen atoms in total. The Balaban J connectivity index is 2.10. The van der Waals surface area contributed by atoms with E-state index < -0.39 is 0 Å². The van der Waals surface area contributed by atoms with Crippen LogP contribution in [-0.2, 0) is 12.0 Å². The summed E-state index contributed by atoms with van der Waals surface area (Å²) in [7, 11) is 0. The van der Waals surface area contributed by atoms with Crippen LogP contribution in [0.25, 0.3) is 0 Å². The number of aryl methyl sites for hydroxylation is 1. The molecule has 0 aliphatic rings. The summed E-state index contributed by atoms with van der Waals surface area (Å²) in [4.78, 5) is 4.24. The standard InChI is InChI=1S/C18H27N3O/c1-12(2)17(19-11-16-20-13(3)21-22-16)14-7-9-15(10-8-14)18(4,5)6/h7-10,12,17,19H,11H2,1-6H3/t17-/m1/s1. The van der Waals surface area contributed by atoms with Crippen molar-refractivity contribution in [1.82, 2.24) is 15.5 Å². The van der Waals surface area contributed by atoms with Gasteiger partial charge >= 0.3 is 0 Å². The lowest BCUT2D eigenvalue weighted by Gasteiger charge is -2.24. The molecule has 1 aromatic carbocycles. The van der Waals surface area contributed by atoms with E-state index in [1.54, 1.807) is 0 Å². The van der Waals surface area contributed by atoms with Gasteiger partial charge in [-0.25, -0.2) is 0 Å². The molecule has 0 saturated heterocycles. The van der Waals surface area contributed by atoms with E-state index in [4.69, 9.17) is 4.52 Å². The molecule has 0 aliphatic carbocycles. The van der Waals surface area contributed by atoms with Crippen molar-refractivity contribution in [3.8, 4) is 0 Å². The Morgan fingerprint density at radius 2 is 1.77 bits per heavy atom. The van der Waals surface area contributed by atoms with Gasteiger partial charge in [-0.1, -0.05) is 64.0 Å². The van der Waals surface area contributed by atoms with Gasteiger partial charge in [0.15, 0.2) is 5.82 Å². The van der Waals surface area contributed by atoms with Gasteiger partial charge in [-0.2, -0.15) is 4.98 Å². The molecular weight excluding hydrogens is 274 g/mol. The number of rotatable bonds is 5. The highest BCUT2D eigenvalue weighted by Crippen LogP contribution is 2.26. The van der Waals surface area contributed by atoms with E-state index in [0.717, 1.165) is 0 Å². The van der Waals surface area contributed by atoms with E-state index in [9.17, 15) is 0 Å². The minimum Gasteiger partial charge on any atom is -0.338 e. The van der Waals surface area contributed by atoms with Crippen molar-refractivity contribution in [3.63, 3.8) is 0 Å². The van der Waals surface area contributed by atoms with E-state index in [-0.39, 0.29) is 11.5 Å². The summed E-state index contributed by atoms with van der Waals surface area (Å²) >= 11 is 0. The molecule has 0 amide bonds. The Morgan fingerprint density at radius 3 is 2.23 bits per heavy atom. The van der Waals surface area contributed by atoms with Gasteiger partial charge in [0, 0.05) is 6.04 Å². The predicted molar refractivity (Wildman–Crippen MR) is 88.6 cm³/mol. The lowest BCUT2D eigenvalue weighted by Crippen LogP contribution is -2.25. The zero-order valence-corrected chi connectivity index (χ0v) is 14.5. The van der Waals surface area contributed by atoms with E-state index in [0.29, 0.717) is 24.2 Å². The molecule has 1 aromatic heterocycles. The maximum atomic E-state index is 5.17. The van der Waals surface area contributed by atoms with Gasteiger partial charge < -0.3 is 9.84 Å². The third-order valence-corrected chi connectivity index (χ3v) is 3.85. The quantitative estimate of drug-likeness (QED) is 0.901. The monoisotopic (exact) mass is 301 g/mol. The van der Waals surface area contributed by atoms with Crippen LogP contribution in [0.2, 0.25) is 0 Å². The molecule has 1 heterocycles. The Kier molecular flexibility index (Phi) is 5.01. The highest BCUT2D eigenvalue weighted by atomic mass is 16.5. The molecule has 2 rings (SSSR count). The van der Waals surface area contributed by atoms with Gasteiger partial charge in [0.05, 0.1) is 6.54 Å². The minimum absolute atomic E-state index is 0.181. The summed E-state index contributed by atoms with van der Waals surface area (Å²) in [6, 6.07) is 9.16. The van der Waals surface area contributed by atoms with Crippen molar-refractivity contribution in [1.29, 1.82) is 0 Å². The molecular formula is C18H27N3O. The molecule has 2 aromatic rings. The lowest BCUT2D eigenvalue weighted by atomic mass is 9.85. The van der Waals surface area contributed by atoms with Crippen molar-refractivity contribution < 1.29 is 4.52 Å². The van der Waals surface area contributed by atoms with Crippen LogP contribution >= 0.6 is 0 Å². The van der Waals surface area contributed by atoms with Crippen molar-refractivity contribution in [2.75, 3.05) is 0 Å². The first kappa shape index (κ1) is 16.7. The molecule has 0 bridgehead atoms. The smallest absolute Gasteiger partial charge is 0.240 e. The van der Waals surface area contributed by atoms with Crippen LogP contribution in [0.15, 0.2) is 28.8 Å². The van der Waals surface area contributed by atoms with E-state index in [1.807, 2.05) is 6.92 Å². The molecule has 22 heavy (non-hydrogen) atoms. The number of nitrogens with zero attached hydrogens (tertiary/aromatic N) is 2. The number of benzene rings is 1. The number of nitrogens with one attached hydrogen (secondary N) is 1. The van der Waals surface area contributed by atoms with Crippen LogP contribution in [0.5, 0.6) is 0 Å². The van der Waals surface area contributed by atoms with Gasteiger partial charge in [-0.05, 0) is 29.4 Å². The summed E-state index contributed by atoms with van der Waals surface area (Å²) < 4.78 is 5.17. The second-order valence-corrected chi connectivity index (χ2v) is 7.21. The highest BCUT2D eigenvalue weighted by Gasteiger charge is 2.18. The van der Waals surface area contributed by atoms with Crippen LogP contribution in [0, 0.1) is 12.8 Å². The molecule has 0 spiro atoms. The van der Waals surface area contributed by atoms with Crippen molar-refractivity contribution >= 4 is 0 Å². The van der Waals surface area contributed by atoms with Crippen LogP contribution in [0.3, 0.4) is 0 Å². The lowest BCUT2D eigenvalue weighted by molar-refractivity contribution is 0.336. The largest absolute Gasteiger partial charge is 0.338 e. The fourth-order valence-corrected chi connectivity index (χ4v) is 2.54. The first-order chi connectivity index (χ1) is 10.3. The third-order valence-electron chi connectivity index (χ3n) is 3.85. The van der Waals surface area contributed by atoms with E-state index in [1.165, 1.54) is 11.1 Å². The van der Waals surface area contributed by atoms with Gasteiger partial charge in [-0.15, -0.1) is 0 Å². The van der Waals surface area contributed by atoms with Crippen molar-refractivity contribution in [2.45, 2.75) is 59.5 Å². The second kappa shape index (κ2) is 6.61. The fourth-order valence-electron chi connectivity index (χ4n) is 2.54. The number of hydrogen-bond donors (Lipinski definition) is 1. The summed E-state index contributed by atoms with van der Waals surface area (Å²) in [5, 5.41) is 7.35. The highest BCUT2D eigenvalue weighted by molar-refractivity contribution is 5.29. The summed E-state index contributed by atoms with van der Waals surface area (Å²) in [5.41, 5.74) is 2.83. The van der Waals surface area contributed by atoms with Crippen LogP contribution in [0.4, 0.5) is 0 Å². The topological polar surface area (TPSA) is 51.0 Å². The number of aromatic nitrogens is 2. The minimum atomic E-state index is 0.181. The van der Waals surface area contributed by atoms with E-state index in [2.05, 4.69) is 74.3 Å². The molecule has 0 saturated carbocycles. The molecule has 0 fully saturated rings. The van der Waals surface area contributed by atoms with Gasteiger partial charge in [0.2, 0.25) is 5.89 Å². The number of hydrogen-bond acceptors (Lipinski definition) is 4. The Bertz CT molecular complexity index is 594.